The third kappa shape index (κ3) is 4.15. The molecule has 0 bridgehead atoms. The summed E-state index contributed by atoms with van der Waals surface area (Å²) in [5, 5.41) is 7.86. The van der Waals surface area contributed by atoms with Gasteiger partial charge in [0.05, 0.1) is 0 Å². The first-order chi connectivity index (χ1) is 9.56. The predicted molar refractivity (Wildman–Crippen MR) is 89.1 cm³/mol. The van der Waals surface area contributed by atoms with E-state index in [9.17, 15) is 4.79 Å². The number of thiophene rings is 1. The van der Waals surface area contributed by atoms with Crippen molar-refractivity contribution in [3.63, 3.8) is 0 Å². The quantitative estimate of drug-likeness (QED) is 0.465. The maximum absolute atomic E-state index is 12.4. The predicted octanol–water partition coefficient (Wildman–Crippen LogP) is 4.12. The fourth-order valence-corrected chi connectivity index (χ4v) is 3.43. The molecule has 0 aromatic carbocycles. The number of ketones is 1. The highest BCUT2D eigenvalue weighted by Gasteiger charge is 2.20. The van der Waals surface area contributed by atoms with Crippen LogP contribution >= 0.6 is 27.3 Å². The smallest absolute Gasteiger partial charge is 0.185 e. The Kier molecular flexibility index (Phi) is 5.31. The monoisotopic (exact) mass is 352 g/mol. The molecule has 1 aliphatic carbocycles. The van der Waals surface area contributed by atoms with Gasteiger partial charge in [-0.2, -0.15) is 5.10 Å². The molecule has 1 aliphatic rings. The standard InChI is InChI=1S/C15H17BrN2OS/c1-18(2)17-7-6-11-4-3-5-12(15(11)19)8-14-9-13(16)10-20-14/h6-10H,3-5H2,1-2H3/b11-6+,12-8+,17-7-. The summed E-state index contributed by atoms with van der Waals surface area (Å²) in [4.78, 5) is 13.5. The Morgan fingerprint density at radius 3 is 2.75 bits per heavy atom. The minimum absolute atomic E-state index is 0.158. The van der Waals surface area contributed by atoms with Gasteiger partial charge in [-0.1, -0.05) is 0 Å². The van der Waals surface area contributed by atoms with Crippen LogP contribution < -0.4 is 0 Å². The van der Waals surface area contributed by atoms with Gasteiger partial charge in [-0.3, -0.25) is 4.79 Å². The average molecular weight is 353 g/mol. The molecular formula is C15H17BrN2OS. The first-order valence-corrected chi connectivity index (χ1v) is 8.13. The molecule has 1 fully saturated rings. The van der Waals surface area contributed by atoms with Gasteiger partial charge in [-0.15, -0.1) is 11.3 Å². The van der Waals surface area contributed by atoms with Crippen molar-refractivity contribution < 1.29 is 4.79 Å². The zero-order valence-corrected chi connectivity index (χ0v) is 14.0. The molecule has 1 saturated carbocycles. The molecule has 1 aromatic rings. The van der Waals surface area contributed by atoms with Crippen LogP contribution in [-0.4, -0.2) is 31.1 Å². The van der Waals surface area contributed by atoms with Crippen LogP contribution in [0.2, 0.25) is 0 Å². The highest BCUT2D eigenvalue weighted by atomic mass is 79.9. The van der Waals surface area contributed by atoms with E-state index in [1.807, 2.05) is 37.7 Å². The van der Waals surface area contributed by atoms with E-state index in [2.05, 4.69) is 21.0 Å². The molecule has 0 spiro atoms. The fourth-order valence-electron chi connectivity index (χ4n) is 2.03. The Balaban J connectivity index is 2.16. The van der Waals surface area contributed by atoms with Gasteiger partial charge in [-0.25, -0.2) is 0 Å². The van der Waals surface area contributed by atoms with E-state index in [1.165, 1.54) is 0 Å². The van der Waals surface area contributed by atoms with Crippen LogP contribution in [0.25, 0.3) is 6.08 Å². The van der Waals surface area contributed by atoms with Crippen LogP contribution in [0, 0.1) is 0 Å². The van der Waals surface area contributed by atoms with E-state index < -0.39 is 0 Å². The zero-order valence-electron chi connectivity index (χ0n) is 11.6. The van der Waals surface area contributed by atoms with Crippen LogP contribution in [-0.2, 0) is 4.79 Å². The molecule has 0 radical (unpaired) electrons. The van der Waals surface area contributed by atoms with Gasteiger partial charge in [0.15, 0.2) is 5.78 Å². The first kappa shape index (κ1) is 15.2. The van der Waals surface area contributed by atoms with Crippen molar-refractivity contribution >= 4 is 45.3 Å². The Labute approximate surface area is 131 Å². The molecule has 20 heavy (non-hydrogen) atoms. The molecule has 0 amide bonds. The van der Waals surface area contributed by atoms with E-state index in [0.29, 0.717) is 0 Å². The fraction of sp³-hybridized carbons (Fsp3) is 0.333. The molecule has 5 heteroatoms. The largest absolute Gasteiger partial charge is 0.303 e. The van der Waals surface area contributed by atoms with Gasteiger partial charge >= 0.3 is 0 Å². The van der Waals surface area contributed by atoms with Crippen LogP contribution in [0.1, 0.15) is 24.1 Å². The van der Waals surface area contributed by atoms with Crippen molar-refractivity contribution in [2.24, 2.45) is 5.10 Å². The summed E-state index contributed by atoms with van der Waals surface area (Å²) < 4.78 is 1.06. The maximum Gasteiger partial charge on any atom is 0.185 e. The molecule has 0 atom stereocenters. The van der Waals surface area contributed by atoms with E-state index in [4.69, 9.17) is 0 Å². The minimum Gasteiger partial charge on any atom is -0.303 e. The normalized spacial score (nSPS) is 20.2. The Morgan fingerprint density at radius 2 is 2.10 bits per heavy atom. The number of rotatable bonds is 3. The Bertz CT molecular complexity index is 584. The number of carbonyl (C=O) groups is 1. The van der Waals surface area contributed by atoms with Gasteiger partial charge in [0.1, 0.15) is 0 Å². The van der Waals surface area contributed by atoms with Gasteiger partial charge in [0, 0.05) is 46.2 Å². The third-order valence-corrected chi connectivity index (χ3v) is 4.59. The average Bonchev–Trinajstić information content (AvgIpc) is 2.79. The molecule has 106 valence electrons. The molecule has 0 unspecified atom stereocenters. The lowest BCUT2D eigenvalue weighted by atomic mass is 9.88. The van der Waals surface area contributed by atoms with Crippen LogP contribution in [0.5, 0.6) is 0 Å². The SMILES string of the molecule is CN(C)/N=C\C=C1/CCC/C(=C\c2cc(Br)cs2)C1=O. The van der Waals surface area contributed by atoms with Crippen LogP contribution in [0.4, 0.5) is 0 Å². The first-order valence-electron chi connectivity index (χ1n) is 6.46. The van der Waals surface area contributed by atoms with Crippen molar-refractivity contribution in [3.05, 3.63) is 38.0 Å². The van der Waals surface area contributed by atoms with Gasteiger partial charge in [-0.05, 0) is 53.4 Å². The van der Waals surface area contributed by atoms with Crippen molar-refractivity contribution in [1.82, 2.24) is 5.01 Å². The van der Waals surface area contributed by atoms with Crippen molar-refractivity contribution in [2.75, 3.05) is 14.1 Å². The molecule has 2 rings (SSSR count). The maximum atomic E-state index is 12.4. The summed E-state index contributed by atoms with van der Waals surface area (Å²) in [5.74, 6) is 0.158. The highest BCUT2D eigenvalue weighted by molar-refractivity contribution is 9.10. The molecule has 1 heterocycles. The van der Waals surface area contributed by atoms with Crippen LogP contribution in [0.15, 0.2) is 38.2 Å². The molecule has 0 aliphatic heterocycles. The summed E-state index contributed by atoms with van der Waals surface area (Å²) >= 11 is 5.07. The van der Waals surface area contributed by atoms with E-state index in [1.54, 1.807) is 22.6 Å². The third-order valence-electron chi connectivity index (χ3n) is 2.95. The number of hydrazone groups is 1. The number of carbonyl (C=O) groups excluding carboxylic acids is 1. The molecule has 0 N–H and O–H groups in total. The van der Waals surface area contributed by atoms with E-state index in [0.717, 1.165) is 39.8 Å². The zero-order chi connectivity index (χ0) is 14.5. The van der Waals surface area contributed by atoms with Gasteiger partial charge in [0.25, 0.3) is 0 Å². The summed E-state index contributed by atoms with van der Waals surface area (Å²) in [5.41, 5.74) is 1.75. The summed E-state index contributed by atoms with van der Waals surface area (Å²) in [7, 11) is 3.72. The van der Waals surface area contributed by atoms with Crippen LogP contribution in [0.3, 0.4) is 0 Å². The topological polar surface area (TPSA) is 32.7 Å². The summed E-state index contributed by atoms with van der Waals surface area (Å²) in [6.45, 7) is 0. The second kappa shape index (κ2) is 6.99. The minimum atomic E-state index is 0.158. The molecule has 3 nitrogen and oxygen atoms in total. The second-order valence-electron chi connectivity index (χ2n) is 4.82. The number of nitrogens with zero attached hydrogens (tertiary/aromatic N) is 2. The summed E-state index contributed by atoms with van der Waals surface area (Å²) in [6.07, 6.45) is 8.25. The lowest BCUT2D eigenvalue weighted by Gasteiger charge is -2.15. The summed E-state index contributed by atoms with van der Waals surface area (Å²) in [6, 6.07) is 2.04. The van der Waals surface area contributed by atoms with Gasteiger partial charge in [0.2, 0.25) is 0 Å². The highest BCUT2D eigenvalue weighted by Crippen LogP contribution is 2.28. The number of allylic oxidation sites excluding steroid dienone is 3. The number of hydrogen-bond donors (Lipinski definition) is 0. The van der Waals surface area contributed by atoms with Crippen molar-refractivity contribution in [1.29, 1.82) is 0 Å². The molecule has 0 saturated heterocycles. The molecular weight excluding hydrogens is 336 g/mol. The second-order valence-corrected chi connectivity index (χ2v) is 6.68. The number of hydrogen-bond acceptors (Lipinski definition) is 4. The van der Waals surface area contributed by atoms with Crippen molar-refractivity contribution in [3.8, 4) is 0 Å². The lowest BCUT2D eigenvalue weighted by molar-refractivity contribution is -0.112. The lowest BCUT2D eigenvalue weighted by Crippen LogP contribution is -2.12. The van der Waals surface area contributed by atoms with E-state index in [-0.39, 0.29) is 5.78 Å². The Morgan fingerprint density at radius 1 is 1.35 bits per heavy atom. The number of halogens is 1. The van der Waals surface area contributed by atoms with Crippen molar-refractivity contribution in [2.45, 2.75) is 19.3 Å². The molecule has 1 aromatic heterocycles. The van der Waals surface area contributed by atoms with Gasteiger partial charge < -0.3 is 5.01 Å². The van der Waals surface area contributed by atoms with E-state index >= 15 is 0 Å². The number of Topliss-reactive ketones (excluding diaryl/α,β-unsaturated/α-hetero) is 1. The Hall–Kier alpha value is -1.20.